The summed E-state index contributed by atoms with van der Waals surface area (Å²) >= 11 is 0. The van der Waals surface area contributed by atoms with Crippen LogP contribution in [0.2, 0.25) is 0 Å². The summed E-state index contributed by atoms with van der Waals surface area (Å²) in [6.45, 7) is 0.00921. The lowest BCUT2D eigenvalue weighted by Gasteiger charge is -2.20. The molecule has 1 heterocycles. The highest BCUT2D eigenvalue weighted by Gasteiger charge is 2.40. The molecule has 8 heteroatoms. The summed E-state index contributed by atoms with van der Waals surface area (Å²) in [7, 11) is 1.30. The fourth-order valence-corrected chi connectivity index (χ4v) is 2.92. The van der Waals surface area contributed by atoms with Crippen LogP contribution in [0.3, 0.4) is 0 Å². The number of methoxy groups -OCH3 is 1. The molecule has 136 valence electrons. The van der Waals surface area contributed by atoms with Gasteiger partial charge in [-0.15, -0.1) is 0 Å². The number of hydrogen-bond donors (Lipinski definition) is 3. The Balaban J connectivity index is 1.80. The standard InChI is InChI=1S/C18H17F2N3O3/c1-26-11-7-13(19)15(14(20)8-11)12-9-21-17(24)16(12)23-18(25)22-10-5-3-2-4-6-10/h2-8,12,16H,9H2,1H3,(H,21,24)(H2,22,23,25)/t12-,16?/m0/s1. The molecule has 0 bridgehead atoms. The largest absolute Gasteiger partial charge is 0.497 e. The number of hydrogen-bond acceptors (Lipinski definition) is 3. The fourth-order valence-electron chi connectivity index (χ4n) is 2.92. The second kappa shape index (κ2) is 7.38. The zero-order valence-electron chi connectivity index (χ0n) is 13.9. The van der Waals surface area contributed by atoms with Crippen molar-refractivity contribution in [1.82, 2.24) is 10.6 Å². The maximum absolute atomic E-state index is 14.3. The summed E-state index contributed by atoms with van der Waals surface area (Å²) in [6.07, 6.45) is 0. The van der Waals surface area contributed by atoms with Crippen molar-refractivity contribution < 1.29 is 23.1 Å². The molecule has 0 saturated carbocycles. The fraction of sp³-hybridized carbons (Fsp3) is 0.222. The summed E-state index contributed by atoms with van der Waals surface area (Å²) in [5.74, 6) is -3.02. The van der Waals surface area contributed by atoms with Crippen molar-refractivity contribution in [3.8, 4) is 5.75 Å². The topological polar surface area (TPSA) is 79.5 Å². The third kappa shape index (κ3) is 3.58. The average Bonchev–Trinajstić information content (AvgIpc) is 2.95. The van der Waals surface area contributed by atoms with Crippen LogP contribution in [0.25, 0.3) is 0 Å². The maximum atomic E-state index is 14.3. The third-order valence-electron chi connectivity index (χ3n) is 4.16. The summed E-state index contributed by atoms with van der Waals surface area (Å²) in [6, 6.07) is 8.96. The molecular weight excluding hydrogens is 344 g/mol. The van der Waals surface area contributed by atoms with Crippen LogP contribution in [-0.4, -0.2) is 31.6 Å². The molecule has 6 nitrogen and oxygen atoms in total. The van der Waals surface area contributed by atoms with Gasteiger partial charge in [0.05, 0.1) is 7.11 Å². The molecule has 1 aliphatic rings. The Bertz CT molecular complexity index is 807. The van der Waals surface area contributed by atoms with E-state index in [2.05, 4.69) is 16.0 Å². The van der Waals surface area contributed by atoms with E-state index in [0.717, 1.165) is 12.1 Å². The molecule has 3 rings (SSSR count). The van der Waals surface area contributed by atoms with Gasteiger partial charge in [0, 0.05) is 35.8 Å². The van der Waals surface area contributed by atoms with Gasteiger partial charge in [-0.25, -0.2) is 13.6 Å². The molecule has 1 aliphatic heterocycles. The van der Waals surface area contributed by atoms with Gasteiger partial charge in [-0.1, -0.05) is 18.2 Å². The molecule has 0 aromatic heterocycles. The van der Waals surface area contributed by atoms with Crippen LogP contribution in [0.15, 0.2) is 42.5 Å². The molecule has 2 atom stereocenters. The Morgan fingerprint density at radius 3 is 2.46 bits per heavy atom. The van der Waals surface area contributed by atoms with Crippen LogP contribution in [0.1, 0.15) is 11.5 Å². The molecular formula is C18H17F2N3O3. The van der Waals surface area contributed by atoms with Gasteiger partial charge in [-0.3, -0.25) is 4.79 Å². The van der Waals surface area contributed by atoms with Gasteiger partial charge in [-0.05, 0) is 12.1 Å². The lowest BCUT2D eigenvalue weighted by atomic mass is 9.93. The number of rotatable bonds is 4. The zero-order valence-corrected chi connectivity index (χ0v) is 13.9. The van der Waals surface area contributed by atoms with Crippen molar-refractivity contribution in [2.24, 2.45) is 0 Å². The van der Waals surface area contributed by atoms with Gasteiger partial charge in [-0.2, -0.15) is 0 Å². The van der Waals surface area contributed by atoms with Gasteiger partial charge in [0.2, 0.25) is 5.91 Å². The number of ether oxygens (including phenoxy) is 1. The molecule has 0 aliphatic carbocycles. The van der Waals surface area contributed by atoms with Crippen LogP contribution < -0.4 is 20.7 Å². The predicted octanol–water partition coefficient (Wildman–Crippen LogP) is 2.38. The van der Waals surface area contributed by atoms with E-state index in [1.807, 2.05) is 0 Å². The average molecular weight is 361 g/mol. The number of para-hydroxylation sites is 1. The Kier molecular flexibility index (Phi) is 5.01. The summed E-state index contributed by atoms with van der Waals surface area (Å²) in [5, 5.41) is 7.58. The molecule has 26 heavy (non-hydrogen) atoms. The summed E-state index contributed by atoms with van der Waals surface area (Å²) in [5.41, 5.74) is 0.260. The minimum Gasteiger partial charge on any atom is -0.497 e. The highest BCUT2D eigenvalue weighted by molar-refractivity contribution is 5.95. The van der Waals surface area contributed by atoms with E-state index >= 15 is 0 Å². The first-order valence-corrected chi connectivity index (χ1v) is 7.93. The zero-order chi connectivity index (χ0) is 18.7. The van der Waals surface area contributed by atoms with Crippen LogP contribution >= 0.6 is 0 Å². The van der Waals surface area contributed by atoms with Crippen LogP contribution in [-0.2, 0) is 4.79 Å². The third-order valence-corrected chi connectivity index (χ3v) is 4.16. The number of anilines is 1. The maximum Gasteiger partial charge on any atom is 0.319 e. The van der Waals surface area contributed by atoms with Crippen molar-refractivity contribution in [2.75, 3.05) is 19.0 Å². The van der Waals surface area contributed by atoms with Gasteiger partial charge in [0.1, 0.15) is 23.4 Å². The first kappa shape index (κ1) is 17.7. The predicted molar refractivity (Wildman–Crippen MR) is 91.0 cm³/mol. The highest BCUT2D eigenvalue weighted by atomic mass is 19.1. The van der Waals surface area contributed by atoms with Gasteiger partial charge >= 0.3 is 6.03 Å². The monoisotopic (exact) mass is 361 g/mol. The van der Waals surface area contributed by atoms with Crippen LogP contribution in [0.4, 0.5) is 19.3 Å². The number of carbonyl (C=O) groups excluding carboxylic acids is 2. The highest BCUT2D eigenvalue weighted by Crippen LogP contribution is 2.31. The second-order valence-electron chi connectivity index (χ2n) is 5.80. The quantitative estimate of drug-likeness (QED) is 0.782. The Hall–Kier alpha value is -3.16. The molecule has 0 radical (unpaired) electrons. The Morgan fingerprint density at radius 2 is 1.85 bits per heavy atom. The Morgan fingerprint density at radius 1 is 1.19 bits per heavy atom. The second-order valence-corrected chi connectivity index (χ2v) is 5.80. The molecule has 1 saturated heterocycles. The van der Waals surface area contributed by atoms with Gasteiger partial charge < -0.3 is 20.7 Å². The van der Waals surface area contributed by atoms with Crippen molar-refractivity contribution in [3.05, 3.63) is 59.7 Å². The minimum absolute atomic E-state index is 0.00921. The van der Waals surface area contributed by atoms with Crippen molar-refractivity contribution in [2.45, 2.75) is 12.0 Å². The number of nitrogens with one attached hydrogen (secondary N) is 3. The van der Waals surface area contributed by atoms with E-state index in [4.69, 9.17) is 4.74 Å². The number of urea groups is 1. The minimum atomic E-state index is -1.10. The van der Waals surface area contributed by atoms with Crippen molar-refractivity contribution in [1.29, 1.82) is 0 Å². The van der Waals surface area contributed by atoms with Crippen molar-refractivity contribution in [3.63, 3.8) is 0 Å². The summed E-state index contributed by atoms with van der Waals surface area (Å²) in [4.78, 5) is 24.2. The molecule has 3 amide bonds. The number of amides is 3. The van der Waals surface area contributed by atoms with Crippen LogP contribution in [0.5, 0.6) is 5.75 Å². The van der Waals surface area contributed by atoms with E-state index in [0.29, 0.717) is 5.69 Å². The molecule has 2 aromatic carbocycles. The van der Waals surface area contributed by atoms with E-state index < -0.39 is 35.5 Å². The molecule has 1 fully saturated rings. The lowest BCUT2D eigenvalue weighted by molar-refractivity contribution is -0.120. The van der Waals surface area contributed by atoms with E-state index in [1.165, 1.54) is 7.11 Å². The number of carbonyl (C=O) groups is 2. The van der Waals surface area contributed by atoms with E-state index in [-0.39, 0.29) is 17.9 Å². The van der Waals surface area contributed by atoms with Crippen LogP contribution in [0, 0.1) is 11.6 Å². The first-order valence-electron chi connectivity index (χ1n) is 7.93. The number of benzene rings is 2. The normalized spacial score (nSPS) is 19.0. The Labute approximate surface area is 148 Å². The van der Waals surface area contributed by atoms with E-state index in [1.54, 1.807) is 30.3 Å². The lowest BCUT2D eigenvalue weighted by Crippen LogP contribution is -2.45. The smallest absolute Gasteiger partial charge is 0.319 e. The molecule has 2 aromatic rings. The van der Waals surface area contributed by atoms with Gasteiger partial charge in [0.15, 0.2) is 0 Å². The SMILES string of the molecule is COc1cc(F)c([C@@H]2CNC(=O)C2NC(=O)Nc2ccccc2)c(F)c1. The summed E-state index contributed by atoms with van der Waals surface area (Å²) < 4.78 is 33.5. The van der Waals surface area contributed by atoms with Crippen molar-refractivity contribution >= 4 is 17.6 Å². The molecule has 0 spiro atoms. The molecule has 1 unspecified atom stereocenters. The number of halogens is 2. The molecule has 3 N–H and O–H groups in total. The first-order chi connectivity index (χ1) is 12.5. The van der Waals surface area contributed by atoms with Gasteiger partial charge in [0.25, 0.3) is 0 Å². The van der Waals surface area contributed by atoms with E-state index in [9.17, 15) is 18.4 Å².